The topological polar surface area (TPSA) is 55.8 Å². The molecule has 0 N–H and O–H groups in total. The van der Waals surface area contributed by atoms with Crippen molar-refractivity contribution in [2.24, 2.45) is 5.92 Å². The number of carbonyl (C=O) groups excluding carboxylic acids is 2. The standard InChI is InChI=1S/C20H27NO4/c1-4-15(2)18-14-25-20(23)21(18)19(22)16(3)9-8-12-24-13-17-10-6-5-7-11-17/h5-7,9-11,15,18H,4,8,12-14H2,1-3H3/b16-9+/t15?,18-/m1/s1. The molecule has 1 aliphatic rings. The molecule has 0 spiro atoms. The Kier molecular flexibility index (Phi) is 7.19. The number of benzene rings is 1. The van der Waals surface area contributed by atoms with Crippen molar-refractivity contribution in [2.45, 2.75) is 46.3 Å². The van der Waals surface area contributed by atoms with Crippen molar-refractivity contribution >= 4 is 12.0 Å². The van der Waals surface area contributed by atoms with Crippen LogP contribution in [0.15, 0.2) is 42.0 Å². The quantitative estimate of drug-likeness (QED) is 0.529. The second kappa shape index (κ2) is 9.37. The van der Waals surface area contributed by atoms with Gasteiger partial charge in [-0.05, 0) is 24.8 Å². The van der Waals surface area contributed by atoms with Crippen molar-refractivity contribution in [1.29, 1.82) is 0 Å². The third kappa shape index (κ3) is 5.16. The van der Waals surface area contributed by atoms with Gasteiger partial charge >= 0.3 is 6.09 Å². The first-order chi connectivity index (χ1) is 12.0. The molecule has 1 unspecified atom stereocenters. The number of hydrogen-bond donors (Lipinski definition) is 0. The minimum atomic E-state index is -0.539. The van der Waals surface area contributed by atoms with Gasteiger partial charge in [0.15, 0.2) is 0 Å². The van der Waals surface area contributed by atoms with Crippen LogP contribution in [0.4, 0.5) is 4.79 Å². The predicted molar refractivity (Wildman–Crippen MR) is 95.9 cm³/mol. The average Bonchev–Trinajstić information content (AvgIpc) is 3.02. The molecule has 25 heavy (non-hydrogen) atoms. The number of rotatable bonds is 8. The van der Waals surface area contributed by atoms with Gasteiger partial charge in [0.05, 0.1) is 19.3 Å². The van der Waals surface area contributed by atoms with Gasteiger partial charge in [0.25, 0.3) is 5.91 Å². The highest BCUT2D eigenvalue weighted by Crippen LogP contribution is 2.23. The molecular formula is C20H27NO4. The lowest BCUT2D eigenvalue weighted by atomic mass is 9.98. The summed E-state index contributed by atoms with van der Waals surface area (Å²) in [5.41, 5.74) is 1.67. The van der Waals surface area contributed by atoms with Crippen LogP contribution in [0.25, 0.3) is 0 Å². The van der Waals surface area contributed by atoms with E-state index in [9.17, 15) is 9.59 Å². The second-order valence-electron chi connectivity index (χ2n) is 6.42. The zero-order chi connectivity index (χ0) is 18.2. The number of imide groups is 1. The summed E-state index contributed by atoms with van der Waals surface area (Å²) in [6.07, 6.45) is 2.80. The van der Waals surface area contributed by atoms with Crippen molar-refractivity contribution in [1.82, 2.24) is 4.90 Å². The summed E-state index contributed by atoms with van der Waals surface area (Å²) in [6.45, 7) is 7.17. The lowest BCUT2D eigenvalue weighted by Gasteiger charge is -2.24. The van der Waals surface area contributed by atoms with Gasteiger partial charge in [-0.1, -0.05) is 56.7 Å². The van der Waals surface area contributed by atoms with Crippen LogP contribution in [0, 0.1) is 5.92 Å². The minimum Gasteiger partial charge on any atom is -0.447 e. The average molecular weight is 345 g/mol. The van der Waals surface area contributed by atoms with Crippen LogP contribution >= 0.6 is 0 Å². The number of cyclic esters (lactones) is 1. The fourth-order valence-corrected chi connectivity index (χ4v) is 2.76. The van der Waals surface area contributed by atoms with Gasteiger partial charge in [0.1, 0.15) is 6.61 Å². The second-order valence-corrected chi connectivity index (χ2v) is 6.42. The Labute approximate surface area is 149 Å². The van der Waals surface area contributed by atoms with Gasteiger partial charge in [0, 0.05) is 5.57 Å². The number of hydrogen-bond acceptors (Lipinski definition) is 4. The molecule has 1 fully saturated rings. The Morgan fingerprint density at radius 1 is 1.40 bits per heavy atom. The van der Waals surface area contributed by atoms with E-state index in [4.69, 9.17) is 9.47 Å². The van der Waals surface area contributed by atoms with E-state index < -0.39 is 6.09 Å². The van der Waals surface area contributed by atoms with Gasteiger partial charge in [-0.25, -0.2) is 9.69 Å². The van der Waals surface area contributed by atoms with Crippen LogP contribution < -0.4 is 0 Å². The van der Waals surface area contributed by atoms with Gasteiger partial charge in [-0.15, -0.1) is 0 Å². The van der Waals surface area contributed by atoms with Crippen LogP contribution in [-0.2, 0) is 20.9 Å². The minimum absolute atomic E-state index is 0.178. The van der Waals surface area contributed by atoms with Crippen LogP contribution in [0.3, 0.4) is 0 Å². The normalized spacial score (nSPS) is 19.0. The molecule has 1 aromatic carbocycles. The van der Waals surface area contributed by atoms with Gasteiger partial charge in [-0.2, -0.15) is 0 Å². The maximum Gasteiger partial charge on any atom is 0.417 e. The van der Waals surface area contributed by atoms with Gasteiger partial charge in [-0.3, -0.25) is 4.79 Å². The summed E-state index contributed by atoms with van der Waals surface area (Å²) in [7, 11) is 0. The van der Waals surface area contributed by atoms with Crippen molar-refractivity contribution in [3.8, 4) is 0 Å². The predicted octanol–water partition coefficient (Wildman–Crippen LogP) is 3.93. The van der Waals surface area contributed by atoms with E-state index in [2.05, 4.69) is 0 Å². The molecule has 0 aliphatic carbocycles. The molecule has 136 valence electrons. The van der Waals surface area contributed by atoms with Crippen molar-refractivity contribution in [2.75, 3.05) is 13.2 Å². The number of amides is 2. The highest BCUT2D eigenvalue weighted by Gasteiger charge is 2.40. The molecule has 1 heterocycles. The third-order valence-electron chi connectivity index (χ3n) is 4.59. The van der Waals surface area contributed by atoms with E-state index in [1.165, 1.54) is 4.90 Å². The summed E-state index contributed by atoms with van der Waals surface area (Å²) in [4.78, 5) is 25.8. The van der Waals surface area contributed by atoms with Crippen molar-refractivity contribution in [3.63, 3.8) is 0 Å². The molecule has 1 saturated heterocycles. The molecule has 2 atom stereocenters. The monoisotopic (exact) mass is 345 g/mol. The zero-order valence-corrected chi connectivity index (χ0v) is 15.2. The van der Waals surface area contributed by atoms with Crippen LogP contribution in [0.5, 0.6) is 0 Å². The third-order valence-corrected chi connectivity index (χ3v) is 4.59. The maximum absolute atomic E-state index is 12.6. The molecule has 0 bridgehead atoms. The van der Waals surface area contributed by atoms with E-state index >= 15 is 0 Å². The molecule has 0 saturated carbocycles. The largest absolute Gasteiger partial charge is 0.447 e. The summed E-state index contributed by atoms with van der Waals surface area (Å²) in [6, 6.07) is 9.77. The van der Waals surface area contributed by atoms with Gasteiger partial charge in [0.2, 0.25) is 0 Å². The summed E-state index contributed by atoms with van der Waals surface area (Å²) < 4.78 is 10.7. The first-order valence-electron chi connectivity index (χ1n) is 8.83. The first-order valence-corrected chi connectivity index (χ1v) is 8.83. The molecule has 5 heteroatoms. The van der Waals surface area contributed by atoms with Crippen molar-refractivity contribution in [3.05, 3.63) is 47.5 Å². The maximum atomic E-state index is 12.6. The van der Waals surface area contributed by atoms with Crippen LogP contribution in [0.2, 0.25) is 0 Å². The van der Waals surface area contributed by atoms with E-state index in [-0.39, 0.29) is 24.5 Å². The Bertz CT molecular complexity index is 611. The molecule has 2 amide bonds. The summed E-state index contributed by atoms with van der Waals surface area (Å²) in [5, 5.41) is 0. The molecule has 0 aromatic heterocycles. The summed E-state index contributed by atoms with van der Waals surface area (Å²) in [5.74, 6) is -0.0479. The lowest BCUT2D eigenvalue weighted by molar-refractivity contribution is -0.125. The van der Waals surface area contributed by atoms with E-state index in [1.807, 2.05) is 50.3 Å². The van der Waals surface area contributed by atoms with Crippen LogP contribution in [0.1, 0.15) is 39.2 Å². The molecule has 1 aliphatic heterocycles. The zero-order valence-electron chi connectivity index (χ0n) is 15.2. The SMILES string of the molecule is CCC(C)[C@H]1COC(=O)N1C(=O)/C(C)=C/CCOCc1ccccc1. The first kappa shape index (κ1) is 19.2. The Morgan fingerprint density at radius 2 is 2.12 bits per heavy atom. The fourth-order valence-electron chi connectivity index (χ4n) is 2.76. The van der Waals surface area contributed by atoms with E-state index in [0.717, 1.165) is 12.0 Å². The Morgan fingerprint density at radius 3 is 2.80 bits per heavy atom. The Hall–Kier alpha value is -2.14. The summed E-state index contributed by atoms with van der Waals surface area (Å²) >= 11 is 0. The molecule has 5 nitrogen and oxygen atoms in total. The highest BCUT2D eigenvalue weighted by atomic mass is 16.6. The number of carbonyl (C=O) groups is 2. The molecule has 2 rings (SSSR count). The lowest BCUT2D eigenvalue weighted by Crippen LogP contribution is -2.42. The number of ether oxygens (including phenoxy) is 2. The van der Waals surface area contributed by atoms with E-state index in [0.29, 0.717) is 25.2 Å². The molecule has 1 aromatic rings. The van der Waals surface area contributed by atoms with Crippen LogP contribution in [-0.4, -0.2) is 36.2 Å². The molecular weight excluding hydrogens is 318 g/mol. The fraction of sp³-hybridized carbons (Fsp3) is 0.500. The highest BCUT2D eigenvalue weighted by molar-refractivity contribution is 6.03. The van der Waals surface area contributed by atoms with Crippen molar-refractivity contribution < 1.29 is 19.1 Å². The van der Waals surface area contributed by atoms with E-state index in [1.54, 1.807) is 6.92 Å². The molecule has 0 radical (unpaired) electrons. The number of nitrogens with zero attached hydrogens (tertiary/aromatic N) is 1. The smallest absolute Gasteiger partial charge is 0.417 e. The Balaban J connectivity index is 1.83. The van der Waals surface area contributed by atoms with Gasteiger partial charge < -0.3 is 9.47 Å².